The highest BCUT2D eigenvalue weighted by Gasteiger charge is 2.39. The van der Waals surface area contributed by atoms with Gasteiger partial charge in [-0.1, -0.05) is 42.3 Å². The van der Waals surface area contributed by atoms with E-state index in [4.69, 9.17) is 37.0 Å². The SMILES string of the molecule is CCOP(=O)(OCC)[C@@H](Nc1cccc(CC)c1)c1cc(Cl)cc(Cl)c1OC. The van der Waals surface area contributed by atoms with Crippen molar-refractivity contribution < 1.29 is 18.3 Å². The highest BCUT2D eigenvalue weighted by atomic mass is 35.5. The number of anilines is 1. The van der Waals surface area contributed by atoms with E-state index in [9.17, 15) is 4.57 Å². The molecule has 0 heterocycles. The van der Waals surface area contributed by atoms with Gasteiger partial charge >= 0.3 is 7.60 Å². The fourth-order valence-electron chi connectivity index (χ4n) is 2.91. The third-order valence-corrected chi connectivity index (χ3v) is 6.88. The minimum absolute atomic E-state index is 0.223. The van der Waals surface area contributed by atoms with Crippen molar-refractivity contribution in [3.05, 3.63) is 57.6 Å². The Morgan fingerprint density at radius 2 is 1.75 bits per heavy atom. The Kier molecular flexibility index (Phi) is 8.66. The zero-order valence-corrected chi connectivity index (χ0v) is 18.9. The largest absolute Gasteiger partial charge is 0.495 e. The second-order valence-corrected chi connectivity index (χ2v) is 8.94. The summed E-state index contributed by atoms with van der Waals surface area (Å²) in [5.41, 5.74) is 2.43. The van der Waals surface area contributed by atoms with Gasteiger partial charge in [-0.05, 0) is 50.1 Å². The second kappa shape index (κ2) is 10.5. The monoisotopic (exact) mass is 445 g/mol. The first-order valence-electron chi connectivity index (χ1n) is 9.15. The topological polar surface area (TPSA) is 56.8 Å². The Morgan fingerprint density at radius 3 is 2.32 bits per heavy atom. The molecular formula is C20H26Cl2NO4P. The van der Waals surface area contributed by atoms with E-state index >= 15 is 0 Å². The zero-order valence-electron chi connectivity index (χ0n) is 16.5. The molecule has 0 radical (unpaired) electrons. The predicted octanol–water partition coefficient (Wildman–Crippen LogP) is 6.94. The van der Waals surface area contributed by atoms with E-state index in [-0.39, 0.29) is 13.2 Å². The van der Waals surface area contributed by atoms with Gasteiger partial charge in [0.25, 0.3) is 0 Å². The van der Waals surface area contributed by atoms with Crippen LogP contribution < -0.4 is 10.1 Å². The van der Waals surface area contributed by atoms with Crippen LogP contribution >= 0.6 is 30.8 Å². The molecule has 0 amide bonds. The van der Waals surface area contributed by atoms with Gasteiger partial charge in [0.15, 0.2) is 5.78 Å². The van der Waals surface area contributed by atoms with E-state index in [0.717, 1.165) is 17.7 Å². The Morgan fingerprint density at radius 1 is 1.07 bits per heavy atom. The van der Waals surface area contributed by atoms with Crippen molar-refractivity contribution >= 4 is 36.5 Å². The number of halogens is 2. The number of hydrogen-bond donors (Lipinski definition) is 1. The van der Waals surface area contributed by atoms with Gasteiger partial charge in [0.1, 0.15) is 5.75 Å². The number of ether oxygens (including phenoxy) is 1. The molecule has 0 bridgehead atoms. The molecule has 2 rings (SSSR count). The summed E-state index contributed by atoms with van der Waals surface area (Å²) < 4.78 is 30.4. The average molecular weight is 446 g/mol. The first-order valence-corrected chi connectivity index (χ1v) is 11.5. The fraction of sp³-hybridized carbons (Fsp3) is 0.400. The first-order chi connectivity index (χ1) is 13.4. The van der Waals surface area contributed by atoms with Crippen LogP contribution in [0.4, 0.5) is 5.69 Å². The van der Waals surface area contributed by atoms with Crippen molar-refractivity contribution in [1.82, 2.24) is 0 Å². The molecule has 0 aliphatic carbocycles. The highest BCUT2D eigenvalue weighted by molar-refractivity contribution is 7.54. The minimum Gasteiger partial charge on any atom is -0.495 e. The smallest absolute Gasteiger partial charge is 0.357 e. The standard InChI is InChI=1S/C20H26Cl2NO4P/c1-5-14-9-8-10-16(11-14)23-20(28(24,26-6-2)27-7-3)17-12-15(21)13-18(22)19(17)25-4/h8-13,20,23H,5-7H2,1-4H3/t20-/m1/s1. The third kappa shape index (κ3) is 5.43. The van der Waals surface area contributed by atoms with Crippen molar-refractivity contribution in [3.63, 3.8) is 0 Å². The molecule has 154 valence electrons. The van der Waals surface area contributed by atoms with Gasteiger partial charge in [-0.3, -0.25) is 4.57 Å². The molecule has 0 saturated carbocycles. The van der Waals surface area contributed by atoms with E-state index in [1.165, 1.54) is 7.11 Å². The Balaban J connectivity index is 2.63. The molecule has 8 heteroatoms. The molecule has 0 spiro atoms. The van der Waals surface area contributed by atoms with E-state index in [2.05, 4.69) is 12.2 Å². The van der Waals surface area contributed by atoms with E-state index in [1.54, 1.807) is 26.0 Å². The molecule has 2 aromatic carbocycles. The molecule has 28 heavy (non-hydrogen) atoms. The van der Waals surface area contributed by atoms with Crippen LogP contribution in [0.5, 0.6) is 5.75 Å². The summed E-state index contributed by atoms with van der Waals surface area (Å²) in [4.78, 5) is 0. The van der Waals surface area contributed by atoms with Crippen molar-refractivity contribution in [3.8, 4) is 5.75 Å². The van der Waals surface area contributed by atoms with Crippen molar-refractivity contribution in [2.45, 2.75) is 33.0 Å². The van der Waals surface area contributed by atoms with Crippen LogP contribution in [0.15, 0.2) is 36.4 Å². The van der Waals surface area contributed by atoms with Crippen molar-refractivity contribution in [2.75, 3.05) is 25.6 Å². The number of benzene rings is 2. The molecule has 0 aliphatic rings. The van der Waals surface area contributed by atoms with Gasteiger partial charge in [-0.25, -0.2) is 0 Å². The highest BCUT2D eigenvalue weighted by Crippen LogP contribution is 2.62. The summed E-state index contributed by atoms with van der Waals surface area (Å²) in [5.74, 6) is -0.486. The fourth-order valence-corrected chi connectivity index (χ4v) is 5.43. The summed E-state index contributed by atoms with van der Waals surface area (Å²) in [7, 11) is -2.13. The molecule has 1 atom stereocenters. The van der Waals surface area contributed by atoms with Crippen LogP contribution in [0.3, 0.4) is 0 Å². The van der Waals surface area contributed by atoms with Crippen molar-refractivity contribution in [1.29, 1.82) is 0 Å². The molecule has 2 aromatic rings. The van der Waals surface area contributed by atoms with Crippen LogP contribution in [-0.2, 0) is 20.0 Å². The predicted molar refractivity (Wildman–Crippen MR) is 116 cm³/mol. The summed E-state index contributed by atoms with van der Waals surface area (Å²) in [6.45, 7) is 6.05. The first kappa shape index (κ1) is 23.1. The molecule has 0 aromatic heterocycles. The average Bonchev–Trinajstić information content (AvgIpc) is 2.66. The molecule has 5 nitrogen and oxygen atoms in total. The molecule has 0 unspecified atom stereocenters. The van der Waals surface area contributed by atoms with Gasteiger partial charge in [-0.2, -0.15) is 0 Å². The number of nitrogens with one attached hydrogen (secondary N) is 1. The second-order valence-electron chi connectivity index (χ2n) is 5.99. The van der Waals surface area contributed by atoms with Crippen LogP contribution in [0, 0.1) is 0 Å². The number of hydrogen-bond acceptors (Lipinski definition) is 5. The molecule has 0 aliphatic heterocycles. The molecule has 0 saturated heterocycles. The quantitative estimate of drug-likeness (QED) is 0.401. The van der Waals surface area contributed by atoms with Gasteiger partial charge in [-0.15, -0.1) is 0 Å². The van der Waals surface area contributed by atoms with Gasteiger partial charge in [0.2, 0.25) is 0 Å². The lowest BCUT2D eigenvalue weighted by Gasteiger charge is -2.29. The molecule has 0 fully saturated rings. The van der Waals surface area contributed by atoms with Gasteiger partial charge in [0.05, 0.1) is 25.3 Å². The summed E-state index contributed by atoms with van der Waals surface area (Å²) in [6.07, 6.45) is 0.876. The molecular weight excluding hydrogens is 420 g/mol. The van der Waals surface area contributed by atoms with E-state index in [1.807, 2.05) is 24.3 Å². The Bertz CT molecular complexity index is 837. The van der Waals surface area contributed by atoms with Crippen molar-refractivity contribution in [2.24, 2.45) is 0 Å². The van der Waals surface area contributed by atoms with Crippen LogP contribution in [0.1, 0.15) is 37.7 Å². The van der Waals surface area contributed by atoms with Gasteiger partial charge in [0, 0.05) is 16.3 Å². The normalized spacial score (nSPS) is 12.6. The Hall–Kier alpha value is -1.23. The lowest BCUT2D eigenvalue weighted by atomic mass is 10.1. The number of rotatable bonds is 10. The minimum atomic E-state index is -3.63. The lowest BCUT2D eigenvalue weighted by molar-refractivity contribution is 0.213. The Labute approximate surface area is 176 Å². The maximum Gasteiger partial charge on any atom is 0.357 e. The summed E-state index contributed by atoms with van der Waals surface area (Å²) in [6, 6.07) is 11.1. The lowest BCUT2D eigenvalue weighted by Crippen LogP contribution is -2.16. The van der Waals surface area contributed by atoms with Crippen LogP contribution in [0.25, 0.3) is 0 Å². The van der Waals surface area contributed by atoms with E-state index < -0.39 is 13.4 Å². The number of aryl methyl sites for hydroxylation is 1. The maximum atomic E-state index is 13.7. The van der Waals surface area contributed by atoms with Crippen LogP contribution in [-0.4, -0.2) is 20.3 Å². The third-order valence-electron chi connectivity index (χ3n) is 4.11. The number of methoxy groups -OCH3 is 1. The zero-order chi connectivity index (χ0) is 20.7. The maximum absolute atomic E-state index is 13.7. The summed E-state index contributed by atoms with van der Waals surface area (Å²) >= 11 is 12.6. The van der Waals surface area contributed by atoms with Gasteiger partial charge < -0.3 is 19.1 Å². The molecule has 1 N–H and O–H groups in total. The van der Waals surface area contributed by atoms with E-state index in [0.29, 0.717) is 21.4 Å². The summed E-state index contributed by atoms with van der Waals surface area (Å²) in [5, 5.41) is 4.01. The van der Waals surface area contributed by atoms with Crippen LogP contribution in [0.2, 0.25) is 10.0 Å².